The molecule has 16 rings (SSSR count). The average Bonchev–Trinajstić information content (AvgIpc) is 0.840. The average molecular weight is 1670 g/mol. The molecule has 2 aromatic heterocycles. The van der Waals surface area contributed by atoms with Crippen molar-refractivity contribution in [3.63, 3.8) is 0 Å². The van der Waals surface area contributed by atoms with Crippen LogP contribution in [0.25, 0.3) is 12.2 Å². The fourth-order valence-corrected chi connectivity index (χ4v) is 20.2. The van der Waals surface area contributed by atoms with E-state index >= 15 is 0 Å². The molecule has 4 nitrogen and oxygen atoms in total. The number of aryl methyl sites for hydroxylation is 1. The Hall–Kier alpha value is -10.3. The first-order valence-electron chi connectivity index (χ1n) is 36.2. The third kappa shape index (κ3) is 33.1. The monoisotopic (exact) mass is 1670 g/mol. The molecular weight excluding hydrogens is 1580 g/mol. The zero-order valence-corrected chi connectivity index (χ0v) is 69.2. The summed E-state index contributed by atoms with van der Waals surface area (Å²) in [5, 5.41) is 32.0. The van der Waals surface area contributed by atoms with Gasteiger partial charge in [0.05, 0.1) is 0 Å². The van der Waals surface area contributed by atoms with Crippen LogP contribution in [0.4, 0.5) is 0 Å². The Labute approximate surface area is 687 Å². The van der Waals surface area contributed by atoms with Crippen LogP contribution < -0.4 is 63.7 Å². The number of benzene rings is 14. The predicted octanol–water partition coefficient (Wildman–Crippen LogP) is 20.8. The zero-order valence-electron chi connectivity index (χ0n) is 62.5. The first-order valence-corrected chi connectivity index (χ1v) is 42.3. The molecule has 0 aliphatic carbocycles. The van der Waals surface area contributed by atoms with Gasteiger partial charge in [0.2, 0.25) is 0 Å². The van der Waals surface area contributed by atoms with Gasteiger partial charge >= 0.3 is 7.12 Å². The molecule has 111 heavy (non-hydrogen) atoms. The van der Waals surface area contributed by atoms with Gasteiger partial charge in [0.15, 0.2) is 0 Å². The first-order chi connectivity index (χ1) is 54.2. The van der Waals surface area contributed by atoms with Crippen LogP contribution in [0, 0.1) is 6.92 Å². The molecule has 2 heterocycles. The summed E-state index contributed by atoms with van der Waals surface area (Å²) in [7, 11) is -2.95. The fraction of sp³-hybridized carbons (Fsp3) is 0.0200. The molecule has 0 bridgehead atoms. The fourth-order valence-electron chi connectivity index (χ4n) is 10.7. The summed E-state index contributed by atoms with van der Waals surface area (Å²) < 4.78 is 0.884. The number of rotatable bonds is 14. The molecule has 0 saturated carbocycles. The SMILES string of the molecule is Brc1ccccn1.C=Cc1ccccc1.C=Cc1ccccc1.CB(O)O.Cc1ccccn1.[Pd].c1ccc(P(c2ccccc2)c2ccccc2)cc1.c1ccc(P(c2ccccc2)c2ccccc2)cc1.c1ccc(P(c2ccccc2)c2ccccc2)cc1.c1ccc(P(c2ccccc2)c2ccccc2)cc1. The predicted molar refractivity (Wildman–Crippen MR) is 491 cm³/mol. The summed E-state index contributed by atoms with van der Waals surface area (Å²) in [4.78, 5) is 7.88. The summed E-state index contributed by atoms with van der Waals surface area (Å²) in [5.41, 5.74) is 3.42. The molecular formula is C100H92BBrN2O2P4Pd. The standard InChI is InChI=1S/4C18H15P.2C8H8.C6H7N.C5H4BrN.CH5BO2.Pd/c4*1-4-10-16(11-5-1)19(17-12-6-2-7-13-17)18-14-8-3-9-15-18;2*1-2-8-6-4-3-5-7-8;1-6-4-2-3-5-7-6;6-5-3-1-2-4-7-5;1-2(3)4;/h4*1-15H;2*2-7H,1H2;2-5H,1H3;1-4H;3-4H,1H3;. The van der Waals surface area contributed by atoms with Gasteiger partial charge in [-0.05, 0) is 160 Å². The Morgan fingerprint density at radius 2 is 0.387 bits per heavy atom. The summed E-state index contributed by atoms with van der Waals surface area (Å²) >= 11 is 3.20. The largest absolute Gasteiger partial charge is 0.448 e. The maximum absolute atomic E-state index is 7.61. The van der Waals surface area contributed by atoms with Gasteiger partial charge in [-0.2, -0.15) is 0 Å². The zero-order chi connectivity index (χ0) is 77.1. The Morgan fingerprint density at radius 3 is 0.477 bits per heavy atom. The molecule has 14 aromatic carbocycles. The summed E-state index contributed by atoms with van der Waals surface area (Å²) in [6.45, 7) is 10.5. The molecule has 0 saturated heterocycles. The van der Waals surface area contributed by atoms with E-state index in [9.17, 15) is 0 Å². The van der Waals surface area contributed by atoms with E-state index in [1.165, 1.54) is 81.6 Å². The van der Waals surface area contributed by atoms with Crippen molar-refractivity contribution in [2.24, 2.45) is 0 Å². The molecule has 11 heteroatoms. The van der Waals surface area contributed by atoms with Crippen molar-refractivity contribution in [3.8, 4) is 0 Å². The van der Waals surface area contributed by atoms with Crippen molar-refractivity contribution in [3.05, 3.63) is 508 Å². The molecule has 0 fully saturated rings. The molecule has 2 N–H and O–H groups in total. The minimum Gasteiger partial charge on any atom is -0.427 e. The summed E-state index contributed by atoms with van der Waals surface area (Å²) in [5.74, 6) is 0. The smallest absolute Gasteiger partial charge is 0.427 e. The van der Waals surface area contributed by atoms with Crippen molar-refractivity contribution in [2.75, 3.05) is 0 Å². The van der Waals surface area contributed by atoms with Crippen molar-refractivity contribution in [2.45, 2.75) is 13.7 Å². The Bertz CT molecular complexity index is 4030. The van der Waals surface area contributed by atoms with Crippen molar-refractivity contribution >= 4 is 131 Å². The van der Waals surface area contributed by atoms with Gasteiger partial charge in [0, 0.05) is 38.5 Å². The van der Waals surface area contributed by atoms with E-state index in [2.05, 4.69) is 403 Å². The minimum absolute atomic E-state index is 0. The second kappa shape index (κ2) is 53.5. The van der Waals surface area contributed by atoms with Crippen LogP contribution in [0.1, 0.15) is 16.8 Å². The molecule has 16 aromatic rings. The number of aromatic nitrogens is 2. The van der Waals surface area contributed by atoms with E-state index in [0.29, 0.717) is 0 Å². The van der Waals surface area contributed by atoms with E-state index in [1.54, 1.807) is 12.4 Å². The first kappa shape index (κ1) is 87.9. The number of halogens is 1. The molecule has 0 amide bonds. The topological polar surface area (TPSA) is 66.2 Å². The normalized spacial score (nSPS) is 9.81. The van der Waals surface area contributed by atoms with Gasteiger partial charge in [0.1, 0.15) is 4.60 Å². The van der Waals surface area contributed by atoms with Crippen LogP contribution in [0.15, 0.2) is 491 Å². The van der Waals surface area contributed by atoms with Crippen LogP contribution in [0.3, 0.4) is 0 Å². The number of hydrogen-bond acceptors (Lipinski definition) is 4. The van der Waals surface area contributed by atoms with Gasteiger partial charge in [-0.25, -0.2) is 4.98 Å². The van der Waals surface area contributed by atoms with Gasteiger partial charge in [-0.15, -0.1) is 0 Å². The third-order valence-electron chi connectivity index (χ3n) is 15.7. The van der Waals surface area contributed by atoms with Crippen molar-refractivity contribution in [1.29, 1.82) is 0 Å². The van der Waals surface area contributed by atoms with Crippen LogP contribution >= 0.6 is 47.6 Å². The Morgan fingerprint density at radius 1 is 0.243 bits per heavy atom. The van der Waals surface area contributed by atoms with Crippen LogP contribution in [0.2, 0.25) is 6.82 Å². The quantitative estimate of drug-likeness (QED) is 0.0647. The Kier molecular flexibility index (Phi) is 42.4. The van der Waals surface area contributed by atoms with E-state index in [1.807, 2.05) is 116 Å². The van der Waals surface area contributed by atoms with E-state index in [0.717, 1.165) is 10.3 Å². The van der Waals surface area contributed by atoms with Crippen LogP contribution in [0.5, 0.6) is 0 Å². The third-order valence-corrected chi connectivity index (χ3v) is 25.9. The van der Waals surface area contributed by atoms with E-state index in [-0.39, 0.29) is 20.4 Å². The van der Waals surface area contributed by atoms with Gasteiger partial charge in [-0.1, -0.05) is 462 Å². The second-order valence-corrected chi connectivity index (χ2v) is 33.5. The molecule has 0 unspecified atom stereocenters. The van der Waals surface area contributed by atoms with Crippen molar-refractivity contribution in [1.82, 2.24) is 9.97 Å². The molecule has 0 aliphatic heterocycles. The Balaban J connectivity index is 0.000000180. The van der Waals surface area contributed by atoms with E-state index in [4.69, 9.17) is 10.0 Å². The van der Waals surface area contributed by atoms with Gasteiger partial charge < -0.3 is 10.0 Å². The van der Waals surface area contributed by atoms with Gasteiger partial charge in [-0.3, -0.25) is 4.98 Å². The maximum Gasteiger partial charge on any atom is 0.448 e. The molecule has 0 spiro atoms. The van der Waals surface area contributed by atoms with Crippen LogP contribution in [-0.4, -0.2) is 27.1 Å². The second-order valence-electron chi connectivity index (χ2n) is 23.9. The van der Waals surface area contributed by atoms with E-state index < -0.39 is 38.8 Å². The maximum atomic E-state index is 7.61. The molecule has 0 atom stereocenters. The molecule has 0 radical (unpaired) electrons. The number of hydrogen-bond donors (Lipinski definition) is 2. The molecule has 554 valence electrons. The van der Waals surface area contributed by atoms with Crippen LogP contribution in [-0.2, 0) is 20.4 Å². The van der Waals surface area contributed by atoms with Gasteiger partial charge in [0.25, 0.3) is 0 Å². The van der Waals surface area contributed by atoms with Crippen molar-refractivity contribution < 1.29 is 30.5 Å². The summed E-state index contributed by atoms with van der Waals surface area (Å²) in [6.07, 6.45) is 7.19. The number of nitrogens with zero attached hydrogens (tertiary/aromatic N) is 2. The minimum atomic E-state index is -1.17. The number of pyridine rings is 2. The molecule has 0 aliphatic rings. The summed E-state index contributed by atoms with van der Waals surface area (Å²) in [6, 6.07) is 161.